The molecule has 0 saturated carbocycles. The van der Waals surface area contributed by atoms with Gasteiger partial charge in [-0.1, -0.05) is 12.0 Å². The highest BCUT2D eigenvalue weighted by Crippen LogP contribution is 2.29. The van der Waals surface area contributed by atoms with Crippen LogP contribution in [-0.4, -0.2) is 39.0 Å². The molecule has 0 aliphatic rings. The Bertz CT molecular complexity index is 1200. The second kappa shape index (κ2) is 10.4. The normalized spacial score (nSPS) is 12.2. The molecule has 3 heterocycles. The summed E-state index contributed by atoms with van der Waals surface area (Å²) in [6, 6.07) is 2.80. The molecule has 1 atom stereocenters. The monoisotopic (exact) mass is 495 g/mol. The summed E-state index contributed by atoms with van der Waals surface area (Å²) in [6.07, 6.45) is -0.963. The quantitative estimate of drug-likeness (QED) is 0.452. The summed E-state index contributed by atoms with van der Waals surface area (Å²) in [4.78, 5) is 17.3. The van der Waals surface area contributed by atoms with Crippen LogP contribution in [0.4, 0.5) is 19.4 Å². The Morgan fingerprint density at radius 3 is 2.79 bits per heavy atom. The van der Waals surface area contributed by atoms with Crippen molar-refractivity contribution in [1.29, 1.82) is 0 Å². The van der Waals surface area contributed by atoms with Crippen molar-refractivity contribution in [3.63, 3.8) is 0 Å². The van der Waals surface area contributed by atoms with Crippen molar-refractivity contribution < 1.29 is 18.3 Å². The molecule has 3 rings (SSSR count). The molecule has 11 heteroatoms. The van der Waals surface area contributed by atoms with Gasteiger partial charge in [-0.05, 0) is 56.7 Å². The Morgan fingerprint density at radius 2 is 2.18 bits per heavy atom. The van der Waals surface area contributed by atoms with Crippen LogP contribution in [0.2, 0.25) is 5.28 Å². The Labute approximate surface area is 199 Å². The molecule has 0 radical (unpaired) electrons. The van der Waals surface area contributed by atoms with Gasteiger partial charge in [-0.3, -0.25) is 0 Å². The fourth-order valence-electron chi connectivity index (χ4n) is 3.14. The number of hydrogen-bond donors (Lipinski definition) is 2. The fourth-order valence-corrected chi connectivity index (χ4v) is 3.94. The number of nitrogens with zero attached hydrogens (tertiary/aromatic N) is 3. The first-order valence-electron chi connectivity index (χ1n) is 10.1. The van der Waals surface area contributed by atoms with Gasteiger partial charge in [0, 0.05) is 16.9 Å². The molecular weight excluding hydrogens is 472 g/mol. The van der Waals surface area contributed by atoms with Gasteiger partial charge in [0.2, 0.25) is 5.28 Å². The van der Waals surface area contributed by atoms with E-state index < -0.39 is 30.2 Å². The second-order valence-electron chi connectivity index (χ2n) is 8.14. The van der Waals surface area contributed by atoms with Crippen LogP contribution in [0, 0.1) is 17.7 Å². The summed E-state index contributed by atoms with van der Waals surface area (Å²) in [5, 5.41) is 11.5. The molecule has 176 valence electrons. The van der Waals surface area contributed by atoms with E-state index >= 15 is 4.39 Å². The smallest absolute Gasteiger partial charge is 0.407 e. The standard InChI is InChI=1S/C22H24ClF2N5O2S/c1-5-7-16-15(10-13(11-24)27-21(31)32-22(2,3)4)17(25)18-19(28-20(23)29-30(16)18)26-12-14-8-6-9-33-14/h6,8-9,13H,10-12H2,1-4H3,(H,27,31)(H,26,28,29)/t13-/m1/s1. The molecule has 3 aromatic rings. The number of alkyl carbamates (subject to hydrolysis) is 1. The highest BCUT2D eigenvalue weighted by molar-refractivity contribution is 7.09. The molecule has 3 aromatic heterocycles. The fraction of sp³-hybridized carbons (Fsp3) is 0.409. The van der Waals surface area contributed by atoms with Crippen molar-refractivity contribution in [2.24, 2.45) is 0 Å². The summed E-state index contributed by atoms with van der Waals surface area (Å²) in [5.41, 5.74) is -0.412. The Hall–Kier alpha value is -2.90. The van der Waals surface area contributed by atoms with Crippen LogP contribution in [0.3, 0.4) is 0 Å². The molecule has 0 bridgehead atoms. The van der Waals surface area contributed by atoms with E-state index in [0.717, 1.165) is 4.88 Å². The van der Waals surface area contributed by atoms with Crippen molar-refractivity contribution in [3.05, 3.63) is 44.7 Å². The van der Waals surface area contributed by atoms with Crippen LogP contribution in [0.5, 0.6) is 0 Å². The Morgan fingerprint density at radius 1 is 1.42 bits per heavy atom. The molecular formula is C22H24ClF2N5O2S. The van der Waals surface area contributed by atoms with Crippen molar-refractivity contribution >= 4 is 40.4 Å². The largest absolute Gasteiger partial charge is 0.444 e. The Balaban J connectivity index is 1.99. The third-order valence-corrected chi connectivity index (χ3v) is 5.44. The summed E-state index contributed by atoms with van der Waals surface area (Å²) in [6.45, 7) is 6.14. The lowest BCUT2D eigenvalue weighted by Crippen LogP contribution is -2.41. The number of hydrogen-bond acceptors (Lipinski definition) is 6. The first kappa shape index (κ1) is 24.7. The second-order valence-corrected chi connectivity index (χ2v) is 9.51. The van der Waals surface area contributed by atoms with Crippen LogP contribution in [0.15, 0.2) is 17.5 Å². The van der Waals surface area contributed by atoms with Gasteiger partial charge in [-0.15, -0.1) is 16.4 Å². The molecule has 0 aromatic carbocycles. The van der Waals surface area contributed by atoms with Crippen molar-refractivity contribution in [2.45, 2.75) is 52.3 Å². The van der Waals surface area contributed by atoms with Gasteiger partial charge in [0.15, 0.2) is 11.6 Å². The van der Waals surface area contributed by atoms with E-state index in [1.54, 1.807) is 27.7 Å². The van der Waals surface area contributed by atoms with Crippen LogP contribution in [-0.2, 0) is 17.7 Å². The molecule has 0 fully saturated rings. The minimum Gasteiger partial charge on any atom is -0.444 e. The SMILES string of the molecule is CC#Cc1c(C[C@H](CF)NC(=O)OC(C)(C)C)c(F)c2c(NCc3cccs3)nc(Cl)nn12. The highest BCUT2D eigenvalue weighted by Gasteiger charge is 2.27. The van der Waals surface area contributed by atoms with E-state index in [2.05, 4.69) is 32.6 Å². The van der Waals surface area contributed by atoms with Gasteiger partial charge in [-0.2, -0.15) is 4.98 Å². The van der Waals surface area contributed by atoms with Gasteiger partial charge in [-0.25, -0.2) is 18.1 Å². The summed E-state index contributed by atoms with van der Waals surface area (Å²) < 4.78 is 35.9. The van der Waals surface area contributed by atoms with E-state index in [9.17, 15) is 9.18 Å². The molecule has 2 N–H and O–H groups in total. The minimum absolute atomic E-state index is 0.0404. The first-order valence-corrected chi connectivity index (χ1v) is 11.4. The average molecular weight is 496 g/mol. The predicted octanol–water partition coefficient (Wildman–Crippen LogP) is 4.97. The van der Waals surface area contributed by atoms with Gasteiger partial charge < -0.3 is 15.4 Å². The number of anilines is 1. The number of carbonyl (C=O) groups is 1. The van der Waals surface area contributed by atoms with Gasteiger partial charge >= 0.3 is 6.09 Å². The minimum atomic E-state index is -1.03. The van der Waals surface area contributed by atoms with E-state index in [0.29, 0.717) is 6.54 Å². The lowest BCUT2D eigenvalue weighted by Gasteiger charge is -2.22. The van der Waals surface area contributed by atoms with E-state index in [1.165, 1.54) is 15.9 Å². The number of ether oxygens (including phenoxy) is 1. The van der Waals surface area contributed by atoms with Crippen molar-refractivity contribution in [1.82, 2.24) is 19.9 Å². The van der Waals surface area contributed by atoms with Crippen LogP contribution >= 0.6 is 22.9 Å². The first-order chi connectivity index (χ1) is 15.6. The molecule has 0 aliphatic heterocycles. The maximum Gasteiger partial charge on any atom is 0.407 e. The highest BCUT2D eigenvalue weighted by atomic mass is 35.5. The average Bonchev–Trinajstić information content (AvgIpc) is 3.33. The van der Waals surface area contributed by atoms with Crippen LogP contribution < -0.4 is 10.6 Å². The molecule has 1 amide bonds. The van der Waals surface area contributed by atoms with Gasteiger partial charge in [0.25, 0.3) is 0 Å². The number of amides is 1. The molecule has 0 saturated heterocycles. The zero-order valence-electron chi connectivity index (χ0n) is 18.6. The molecule has 0 spiro atoms. The summed E-state index contributed by atoms with van der Waals surface area (Å²) in [7, 11) is 0. The lowest BCUT2D eigenvalue weighted by molar-refractivity contribution is 0.0496. The molecule has 0 aliphatic carbocycles. The predicted molar refractivity (Wildman–Crippen MR) is 125 cm³/mol. The van der Waals surface area contributed by atoms with Gasteiger partial charge in [0.05, 0.1) is 12.6 Å². The summed E-state index contributed by atoms with van der Waals surface area (Å²) >= 11 is 7.63. The number of halogens is 3. The summed E-state index contributed by atoms with van der Waals surface area (Å²) in [5.74, 6) is 5.06. The van der Waals surface area contributed by atoms with Crippen LogP contribution in [0.25, 0.3) is 5.52 Å². The number of alkyl halides is 1. The van der Waals surface area contributed by atoms with Crippen molar-refractivity contribution in [3.8, 4) is 11.8 Å². The number of rotatable bonds is 7. The number of fused-ring (bicyclic) bond motifs is 1. The maximum absolute atomic E-state index is 15.7. The van der Waals surface area contributed by atoms with Crippen molar-refractivity contribution in [2.75, 3.05) is 12.0 Å². The molecule has 33 heavy (non-hydrogen) atoms. The zero-order valence-corrected chi connectivity index (χ0v) is 20.2. The van der Waals surface area contributed by atoms with E-state index in [4.69, 9.17) is 16.3 Å². The number of carbonyl (C=O) groups excluding carboxylic acids is 1. The maximum atomic E-state index is 15.7. The van der Waals surface area contributed by atoms with E-state index in [-0.39, 0.29) is 34.3 Å². The molecule has 7 nitrogen and oxygen atoms in total. The zero-order chi connectivity index (χ0) is 24.2. The topological polar surface area (TPSA) is 80.5 Å². The number of nitrogens with one attached hydrogen (secondary N) is 2. The Kier molecular flexibility index (Phi) is 7.76. The third-order valence-electron chi connectivity index (χ3n) is 4.40. The van der Waals surface area contributed by atoms with Crippen LogP contribution in [0.1, 0.15) is 43.8 Å². The van der Waals surface area contributed by atoms with E-state index in [1.807, 2.05) is 17.5 Å². The molecule has 0 unspecified atom stereocenters. The number of thiophene rings is 1. The van der Waals surface area contributed by atoms with Gasteiger partial charge in [0.1, 0.15) is 23.5 Å². The number of aromatic nitrogens is 3. The third kappa shape index (κ3) is 6.12. The lowest BCUT2D eigenvalue weighted by atomic mass is 10.1.